The molecule has 1 N–H and O–H groups in total. The third kappa shape index (κ3) is 3.54. The van der Waals surface area contributed by atoms with Gasteiger partial charge in [0.25, 0.3) is 0 Å². The molecule has 1 fully saturated rings. The van der Waals surface area contributed by atoms with Gasteiger partial charge in [-0.25, -0.2) is 4.79 Å². The molecule has 0 radical (unpaired) electrons. The second-order valence-electron chi connectivity index (χ2n) is 8.44. The van der Waals surface area contributed by atoms with Crippen molar-refractivity contribution in [3.05, 3.63) is 35.4 Å². The first kappa shape index (κ1) is 20.4. The summed E-state index contributed by atoms with van der Waals surface area (Å²) in [5.41, 5.74) is 1.52. The summed E-state index contributed by atoms with van der Waals surface area (Å²) in [6.45, 7) is 7.73. The average Bonchev–Trinajstić information content (AvgIpc) is 2.59. The molecule has 1 saturated heterocycles. The number of hydrogen-bond acceptors (Lipinski definition) is 5. The largest absolute Gasteiger partial charge is 0.474 e. The van der Waals surface area contributed by atoms with Gasteiger partial charge in [-0.15, -0.1) is 0 Å². The van der Waals surface area contributed by atoms with Crippen LogP contribution in [0.25, 0.3) is 0 Å². The van der Waals surface area contributed by atoms with E-state index in [1.54, 1.807) is 19.1 Å². The van der Waals surface area contributed by atoms with E-state index in [4.69, 9.17) is 9.53 Å². The number of carboxylic acid groups (broad SMARTS) is 1. The second-order valence-corrected chi connectivity index (χ2v) is 12.9. The molecule has 2 amide bonds. The van der Waals surface area contributed by atoms with Crippen molar-refractivity contribution in [2.75, 3.05) is 0 Å². The predicted molar refractivity (Wildman–Crippen MR) is 103 cm³/mol. The molecular weight excluding hydrogens is 378 g/mol. The van der Waals surface area contributed by atoms with Crippen LogP contribution in [0, 0.1) is 11.8 Å². The van der Waals surface area contributed by atoms with Crippen molar-refractivity contribution in [1.82, 2.24) is 4.90 Å². The molecule has 0 saturated carbocycles. The molecule has 0 spiro atoms. The molecule has 0 aromatic heterocycles. The van der Waals surface area contributed by atoms with Crippen LogP contribution >= 0.6 is 0 Å². The van der Waals surface area contributed by atoms with Gasteiger partial charge in [0, 0.05) is 11.5 Å². The molecule has 1 aliphatic heterocycles. The lowest BCUT2D eigenvalue weighted by Crippen LogP contribution is -2.71. The summed E-state index contributed by atoms with van der Waals surface area (Å²) in [6, 6.07) is 6.49. The molecule has 4 atom stereocenters. The number of aliphatic carboxylic acids is 1. The highest BCUT2D eigenvalue weighted by Crippen LogP contribution is 2.41. The van der Waals surface area contributed by atoms with Crippen LogP contribution < -0.4 is 0 Å². The second kappa shape index (κ2) is 7.25. The van der Waals surface area contributed by atoms with Gasteiger partial charge >= 0.3 is 11.9 Å². The van der Waals surface area contributed by atoms with E-state index >= 15 is 0 Å². The maximum Gasteiger partial charge on any atom is 0.395 e. The molecule has 1 aromatic carbocycles. The number of aryl methyl sites for hydroxylation is 1. The van der Waals surface area contributed by atoms with Crippen molar-refractivity contribution in [3.8, 4) is 0 Å². The van der Waals surface area contributed by atoms with E-state index in [9.17, 15) is 19.2 Å². The van der Waals surface area contributed by atoms with E-state index in [1.165, 1.54) is 0 Å². The van der Waals surface area contributed by atoms with Gasteiger partial charge in [0.05, 0.1) is 18.1 Å². The van der Waals surface area contributed by atoms with Crippen LogP contribution in [0.5, 0.6) is 0 Å². The topological polar surface area (TPSA) is 101 Å². The summed E-state index contributed by atoms with van der Waals surface area (Å²) in [5, 5.41) is 9.13. The number of β-lactam (4-membered cyclic amide) rings is 1. The Morgan fingerprint density at radius 1 is 1.21 bits per heavy atom. The summed E-state index contributed by atoms with van der Waals surface area (Å²) in [6.07, 6.45) is 0.613. The van der Waals surface area contributed by atoms with E-state index in [0.29, 0.717) is 18.4 Å². The third-order valence-electron chi connectivity index (χ3n) is 5.39. The van der Waals surface area contributed by atoms with Gasteiger partial charge in [-0.05, 0) is 45.0 Å². The third-order valence-corrected chi connectivity index (χ3v) is 6.47. The SMILES string of the molecule is C[C@@H](O[Si](C)(C)C)[C@H]1C(=O)N(C(=O)C(=O)O)[C@@H]1C1CCc2ccccc2C1=O. The molecule has 0 bridgehead atoms. The van der Waals surface area contributed by atoms with Gasteiger partial charge in [-0.1, -0.05) is 24.3 Å². The highest BCUT2D eigenvalue weighted by Gasteiger charge is 2.59. The maximum atomic E-state index is 13.1. The van der Waals surface area contributed by atoms with Gasteiger partial charge in [0.2, 0.25) is 5.91 Å². The lowest BCUT2D eigenvalue weighted by atomic mass is 9.69. The van der Waals surface area contributed by atoms with Gasteiger partial charge in [0.1, 0.15) is 0 Å². The number of likely N-dealkylation sites (tertiary alicyclic amines) is 1. The Kier molecular flexibility index (Phi) is 5.29. The zero-order valence-corrected chi connectivity index (χ0v) is 17.5. The Bertz CT molecular complexity index is 845. The standard InChI is InChI=1S/C20H25NO6Si/c1-11(27-28(2,3)4)15-16(21(18(15)23)19(24)20(25)26)14-10-9-12-7-5-6-8-13(12)17(14)22/h5-8,11,14-16H,9-10H2,1-4H3,(H,25,26)/t11-,14?,15-,16-/m1/s1. The average molecular weight is 404 g/mol. The number of carboxylic acids is 1. The summed E-state index contributed by atoms with van der Waals surface area (Å²) in [4.78, 5) is 50.0. The van der Waals surface area contributed by atoms with Gasteiger partial charge < -0.3 is 9.53 Å². The van der Waals surface area contributed by atoms with Crippen molar-refractivity contribution in [2.24, 2.45) is 11.8 Å². The van der Waals surface area contributed by atoms with Crippen LogP contribution in [0.2, 0.25) is 19.6 Å². The van der Waals surface area contributed by atoms with Gasteiger partial charge in [-0.2, -0.15) is 0 Å². The minimum atomic E-state index is -1.98. The number of benzene rings is 1. The van der Waals surface area contributed by atoms with Crippen LogP contribution in [0.4, 0.5) is 0 Å². The van der Waals surface area contributed by atoms with Crippen molar-refractivity contribution >= 4 is 31.9 Å². The molecule has 1 aliphatic carbocycles. The van der Waals surface area contributed by atoms with Crippen LogP contribution in [0.3, 0.4) is 0 Å². The Labute approximate surface area is 164 Å². The number of Topliss-reactive ketones (excluding diaryl/α,β-unsaturated/α-hetero) is 1. The van der Waals surface area contributed by atoms with Gasteiger partial charge in [-0.3, -0.25) is 19.3 Å². The molecular formula is C20H25NO6Si. The van der Waals surface area contributed by atoms with E-state index in [2.05, 4.69) is 0 Å². The van der Waals surface area contributed by atoms with Crippen LogP contribution in [0.15, 0.2) is 24.3 Å². The first-order valence-electron chi connectivity index (χ1n) is 9.43. The Morgan fingerprint density at radius 2 is 1.86 bits per heavy atom. The number of nitrogens with zero attached hydrogens (tertiary/aromatic N) is 1. The molecule has 28 heavy (non-hydrogen) atoms. The molecule has 2 aliphatic rings. The molecule has 1 unspecified atom stereocenters. The number of carbonyl (C=O) groups is 4. The monoisotopic (exact) mass is 403 g/mol. The van der Waals surface area contributed by atoms with E-state index in [0.717, 1.165) is 10.5 Å². The van der Waals surface area contributed by atoms with E-state index in [-0.39, 0.29) is 5.78 Å². The fraction of sp³-hybridized carbons (Fsp3) is 0.500. The quantitative estimate of drug-likeness (QED) is 0.469. The van der Waals surface area contributed by atoms with Gasteiger partial charge in [0.15, 0.2) is 14.1 Å². The Balaban J connectivity index is 1.95. The fourth-order valence-electron chi connectivity index (χ4n) is 4.36. The smallest absolute Gasteiger partial charge is 0.395 e. The number of carbonyl (C=O) groups excluding carboxylic acids is 3. The number of ketones is 1. The predicted octanol–water partition coefficient (Wildman–Crippen LogP) is 2.11. The van der Waals surface area contributed by atoms with Crippen molar-refractivity contribution in [1.29, 1.82) is 0 Å². The number of hydrogen-bond donors (Lipinski definition) is 1. The lowest BCUT2D eigenvalue weighted by molar-refractivity contribution is -0.180. The normalized spacial score (nSPS) is 25.7. The minimum absolute atomic E-state index is 0.146. The number of amides is 2. The minimum Gasteiger partial charge on any atom is -0.474 e. The molecule has 8 heteroatoms. The molecule has 3 rings (SSSR count). The highest BCUT2D eigenvalue weighted by molar-refractivity contribution is 6.69. The van der Waals surface area contributed by atoms with Crippen molar-refractivity contribution in [2.45, 2.75) is 51.6 Å². The van der Waals surface area contributed by atoms with E-state index < -0.39 is 50.1 Å². The zero-order valence-electron chi connectivity index (χ0n) is 16.5. The first-order chi connectivity index (χ1) is 13.0. The fourth-order valence-corrected chi connectivity index (χ4v) is 5.62. The molecule has 150 valence electrons. The van der Waals surface area contributed by atoms with Crippen molar-refractivity contribution < 1.29 is 28.7 Å². The Hall–Kier alpha value is -2.32. The van der Waals surface area contributed by atoms with Crippen LogP contribution in [-0.2, 0) is 25.2 Å². The summed E-state index contributed by atoms with van der Waals surface area (Å²) in [5.74, 6) is -5.01. The van der Waals surface area contributed by atoms with E-state index in [1.807, 2.05) is 31.8 Å². The summed E-state index contributed by atoms with van der Waals surface area (Å²) >= 11 is 0. The maximum absolute atomic E-state index is 13.1. The number of fused-ring (bicyclic) bond motifs is 1. The highest BCUT2D eigenvalue weighted by atomic mass is 28.4. The summed E-state index contributed by atoms with van der Waals surface area (Å²) in [7, 11) is -1.98. The summed E-state index contributed by atoms with van der Waals surface area (Å²) < 4.78 is 6.05. The van der Waals surface area contributed by atoms with Crippen LogP contribution in [0.1, 0.15) is 29.3 Å². The molecule has 7 nitrogen and oxygen atoms in total. The van der Waals surface area contributed by atoms with Crippen LogP contribution in [-0.4, -0.2) is 54.0 Å². The zero-order chi connectivity index (χ0) is 20.8. The number of rotatable bonds is 4. The first-order valence-corrected chi connectivity index (χ1v) is 12.8. The Morgan fingerprint density at radius 3 is 2.46 bits per heavy atom. The lowest BCUT2D eigenvalue weighted by Gasteiger charge is -2.51. The number of imide groups is 1. The van der Waals surface area contributed by atoms with Crippen molar-refractivity contribution in [3.63, 3.8) is 0 Å². The molecule has 1 heterocycles. The molecule has 1 aromatic rings.